The van der Waals surface area contributed by atoms with Crippen molar-refractivity contribution in [2.24, 2.45) is 0 Å². The van der Waals surface area contributed by atoms with Crippen LogP contribution in [0.5, 0.6) is 0 Å². The second-order valence-corrected chi connectivity index (χ2v) is 5.31. The second kappa shape index (κ2) is 4.84. The first kappa shape index (κ1) is 12.1. The van der Waals surface area contributed by atoms with E-state index in [-0.39, 0.29) is 5.82 Å². The number of nitrogens with one attached hydrogen (secondary N) is 1. The molecule has 1 nitrogen and oxygen atoms in total. The first-order chi connectivity index (χ1) is 7.61. The molecular formula is C13H17BrFN. The van der Waals surface area contributed by atoms with Gasteiger partial charge in [-0.15, -0.1) is 0 Å². The van der Waals surface area contributed by atoms with E-state index in [2.05, 4.69) is 28.2 Å². The predicted molar refractivity (Wildman–Crippen MR) is 68.2 cm³/mol. The fourth-order valence-electron chi connectivity index (χ4n) is 2.35. The van der Waals surface area contributed by atoms with Crippen molar-refractivity contribution in [1.82, 2.24) is 5.32 Å². The molecule has 0 aliphatic carbocycles. The Kier molecular flexibility index (Phi) is 3.65. The molecule has 1 aliphatic heterocycles. The molecule has 0 spiro atoms. The van der Waals surface area contributed by atoms with Crippen LogP contribution in [0.1, 0.15) is 42.0 Å². The Balaban J connectivity index is 2.40. The molecule has 1 saturated heterocycles. The average molecular weight is 286 g/mol. The van der Waals surface area contributed by atoms with Gasteiger partial charge in [0.1, 0.15) is 5.82 Å². The average Bonchev–Trinajstić information content (AvgIpc) is 2.32. The number of halogens is 2. The van der Waals surface area contributed by atoms with E-state index in [1.54, 1.807) is 6.07 Å². The molecule has 88 valence electrons. The molecular weight excluding hydrogens is 269 g/mol. The maximum absolute atomic E-state index is 13.7. The number of hydrogen-bond donors (Lipinski definition) is 1. The Morgan fingerprint density at radius 3 is 2.69 bits per heavy atom. The van der Waals surface area contributed by atoms with Gasteiger partial charge in [-0.05, 0) is 56.0 Å². The molecule has 3 heteroatoms. The van der Waals surface area contributed by atoms with E-state index in [1.807, 2.05) is 6.92 Å². The van der Waals surface area contributed by atoms with Crippen molar-refractivity contribution in [3.63, 3.8) is 0 Å². The third-order valence-electron chi connectivity index (χ3n) is 3.42. The van der Waals surface area contributed by atoms with Gasteiger partial charge in [-0.1, -0.05) is 22.4 Å². The minimum absolute atomic E-state index is 0.111. The zero-order valence-electron chi connectivity index (χ0n) is 9.74. The lowest BCUT2D eigenvalue weighted by atomic mass is 9.93. The van der Waals surface area contributed by atoms with E-state index in [0.29, 0.717) is 11.6 Å². The Bertz CT molecular complexity index is 397. The van der Waals surface area contributed by atoms with Crippen molar-refractivity contribution in [3.05, 3.63) is 33.0 Å². The van der Waals surface area contributed by atoms with Crippen LogP contribution in [0.3, 0.4) is 0 Å². The molecule has 2 rings (SSSR count). The molecule has 1 aliphatic rings. The lowest BCUT2D eigenvalue weighted by Gasteiger charge is -2.26. The van der Waals surface area contributed by atoms with Gasteiger partial charge < -0.3 is 5.32 Å². The lowest BCUT2D eigenvalue weighted by molar-refractivity contribution is 0.409. The number of benzene rings is 1. The monoisotopic (exact) mass is 285 g/mol. The van der Waals surface area contributed by atoms with E-state index in [1.165, 1.54) is 18.4 Å². The van der Waals surface area contributed by atoms with E-state index < -0.39 is 0 Å². The summed E-state index contributed by atoms with van der Waals surface area (Å²) in [6, 6.07) is 2.01. The Labute approximate surface area is 105 Å². The molecule has 0 aromatic heterocycles. The molecule has 0 amide bonds. The SMILES string of the molecule is Cc1c(F)cc(C2CCCCN2)c(C)c1Br. The maximum atomic E-state index is 13.7. The largest absolute Gasteiger partial charge is 0.310 e. The highest BCUT2D eigenvalue weighted by atomic mass is 79.9. The van der Waals surface area contributed by atoms with Gasteiger partial charge in [0, 0.05) is 10.5 Å². The second-order valence-electron chi connectivity index (χ2n) is 4.51. The molecule has 1 N–H and O–H groups in total. The smallest absolute Gasteiger partial charge is 0.127 e. The molecule has 1 heterocycles. The molecule has 0 saturated carbocycles. The van der Waals surface area contributed by atoms with Crippen molar-refractivity contribution in [3.8, 4) is 0 Å². The van der Waals surface area contributed by atoms with Gasteiger partial charge in [0.2, 0.25) is 0 Å². The quantitative estimate of drug-likeness (QED) is 0.822. The number of rotatable bonds is 1. The highest BCUT2D eigenvalue weighted by Gasteiger charge is 2.20. The van der Waals surface area contributed by atoms with Crippen molar-refractivity contribution in [2.45, 2.75) is 39.2 Å². The van der Waals surface area contributed by atoms with Crippen molar-refractivity contribution in [1.29, 1.82) is 0 Å². The number of hydrogen-bond acceptors (Lipinski definition) is 1. The van der Waals surface area contributed by atoms with E-state index in [4.69, 9.17) is 0 Å². The molecule has 0 radical (unpaired) electrons. The van der Waals surface area contributed by atoms with Crippen LogP contribution < -0.4 is 5.32 Å². The van der Waals surface area contributed by atoms with Gasteiger partial charge in [0.05, 0.1) is 0 Å². The zero-order chi connectivity index (χ0) is 11.7. The first-order valence-corrected chi connectivity index (χ1v) is 6.59. The third-order valence-corrected chi connectivity index (χ3v) is 4.61. The van der Waals surface area contributed by atoms with Gasteiger partial charge in [0.25, 0.3) is 0 Å². The lowest BCUT2D eigenvalue weighted by Crippen LogP contribution is -2.27. The van der Waals surface area contributed by atoms with Crippen LogP contribution in [0, 0.1) is 19.7 Å². The fraction of sp³-hybridized carbons (Fsp3) is 0.538. The highest BCUT2D eigenvalue weighted by Crippen LogP contribution is 2.32. The van der Waals surface area contributed by atoms with Gasteiger partial charge in [-0.3, -0.25) is 0 Å². The van der Waals surface area contributed by atoms with Gasteiger partial charge in [-0.2, -0.15) is 0 Å². The molecule has 1 unspecified atom stereocenters. The van der Waals surface area contributed by atoms with Crippen molar-refractivity contribution >= 4 is 15.9 Å². The topological polar surface area (TPSA) is 12.0 Å². The molecule has 16 heavy (non-hydrogen) atoms. The van der Waals surface area contributed by atoms with E-state index in [0.717, 1.165) is 23.0 Å². The van der Waals surface area contributed by atoms with Crippen molar-refractivity contribution < 1.29 is 4.39 Å². The highest BCUT2D eigenvalue weighted by molar-refractivity contribution is 9.10. The minimum atomic E-state index is -0.111. The summed E-state index contributed by atoms with van der Waals surface area (Å²) in [6.45, 7) is 4.91. The van der Waals surface area contributed by atoms with Gasteiger partial charge in [0.15, 0.2) is 0 Å². The van der Waals surface area contributed by atoms with E-state index in [9.17, 15) is 4.39 Å². The van der Waals surface area contributed by atoms with Gasteiger partial charge >= 0.3 is 0 Å². The van der Waals surface area contributed by atoms with Crippen LogP contribution >= 0.6 is 15.9 Å². The molecule has 1 atom stereocenters. The molecule has 0 bridgehead atoms. The Hall–Kier alpha value is -0.410. The molecule has 1 aromatic rings. The first-order valence-electron chi connectivity index (χ1n) is 5.79. The summed E-state index contributed by atoms with van der Waals surface area (Å²) in [5.74, 6) is -0.111. The summed E-state index contributed by atoms with van der Waals surface area (Å²) in [5.41, 5.74) is 2.98. The standard InChI is InChI=1S/C13H17BrFN/c1-8-10(12-5-3-4-6-16-12)7-11(15)9(2)13(8)14/h7,12,16H,3-6H2,1-2H3. The summed E-state index contributed by atoms with van der Waals surface area (Å²) in [5, 5.41) is 3.46. The fourth-order valence-corrected chi connectivity index (χ4v) is 2.76. The summed E-state index contributed by atoms with van der Waals surface area (Å²) in [7, 11) is 0. The predicted octanol–water partition coefficient (Wildman–Crippen LogP) is 4.02. The van der Waals surface area contributed by atoms with Crippen LogP contribution in [-0.4, -0.2) is 6.54 Å². The maximum Gasteiger partial charge on any atom is 0.127 e. The molecule has 1 fully saturated rings. The van der Waals surface area contributed by atoms with Crippen molar-refractivity contribution in [2.75, 3.05) is 6.54 Å². The Morgan fingerprint density at radius 1 is 1.31 bits per heavy atom. The summed E-state index contributed by atoms with van der Waals surface area (Å²) in [4.78, 5) is 0. The van der Waals surface area contributed by atoms with Gasteiger partial charge in [-0.25, -0.2) is 4.39 Å². The van der Waals surface area contributed by atoms with Crippen LogP contribution in [0.4, 0.5) is 4.39 Å². The number of piperidine rings is 1. The third kappa shape index (κ3) is 2.16. The van der Waals surface area contributed by atoms with Crippen LogP contribution in [-0.2, 0) is 0 Å². The summed E-state index contributed by atoms with van der Waals surface area (Å²) < 4.78 is 14.6. The van der Waals surface area contributed by atoms with Crippen LogP contribution in [0.15, 0.2) is 10.5 Å². The minimum Gasteiger partial charge on any atom is -0.310 e. The Morgan fingerprint density at radius 2 is 2.06 bits per heavy atom. The summed E-state index contributed by atoms with van der Waals surface area (Å²) in [6.07, 6.45) is 3.56. The zero-order valence-corrected chi connectivity index (χ0v) is 11.3. The summed E-state index contributed by atoms with van der Waals surface area (Å²) >= 11 is 3.48. The van der Waals surface area contributed by atoms with Crippen LogP contribution in [0.25, 0.3) is 0 Å². The van der Waals surface area contributed by atoms with Crippen LogP contribution in [0.2, 0.25) is 0 Å². The molecule has 1 aromatic carbocycles. The van der Waals surface area contributed by atoms with E-state index >= 15 is 0 Å². The normalized spacial score (nSPS) is 21.1.